The summed E-state index contributed by atoms with van der Waals surface area (Å²) in [4.78, 5) is 15.6. The van der Waals surface area contributed by atoms with E-state index in [0.717, 1.165) is 47.7 Å². The summed E-state index contributed by atoms with van der Waals surface area (Å²) < 4.78 is 33.9. The Hall–Kier alpha value is -3.28. The van der Waals surface area contributed by atoms with Crippen molar-refractivity contribution in [1.29, 1.82) is 0 Å². The highest BCUT2D eigenvalue weighted by Crippen LogP contribution is 2.39. The van der Waals surface area contributed by atoms with Crippen LogP contribution >= 0.6 is 0 Å². The number of nitrogens with one attached hydrogen (secondary N) is 1. The second-order valence-corrected chi connectivity index (χ2v) is 12.1. The van der Waals surface area contributed by atoms with Gasteiger partial charge in [-0.05, 0) is 48.4 Å². The number of nitrogen functional groups attached to an aromatic ring is 1. The van der Waals surface area contributed by atoms with Crippen LogP contribution in [0.4, 0.5) is 11.6 Å². The average Bonchev–Trinajstić information content (AvgIpc) is 3.08. The second kappa shape index (κ2) is 9.88. The van der Waals surface area contributed by atoms with Crippen molar-refractivity contribution in [3.05, 3.63) is 53.6 Å². The molecule has 196 valence electrons. The highest BCUT2D eigenvalue weighted by Gasteiger charge is 2.30. The third-order valence-electron chi connectivity index (χ3n) is 6.99. The smallest absolute Gasteiger partial charge is 0.244 e. The van der Waals surface area contributed by atoms with E-state index in [1.54, 1.807) is 18.6 Å². The molecule has 11 heteroatoms. The van der Waals surface area contributed by atoms with Gasteiger partial charge in [0.2, 0.25) is 10.0 Å². The van der Waals surface area contributed by atoms with Crippen molar-refractivity contribution in [3.8, 4) is 16.9 Å². The Kier molecular flexibility index (Phi) is 6.78. The monoisotopic (exact) mass is 523 g/mol. The predicted octanol–water partition coefficient (Wildman–Crippen LogP) is 2.27. The first-order chi connectivity index (χ1) is 17.7. The number of anilines is 2. The Bertz CT molecular complexity index is 1430. The van der Waals surface area contributed by atoms with Crippen molar-refractivity contribution in [2.24, 2.45) is 11.1 Å². The maximum Gasteiger partial charge on any atom is 0.244 e. The fourth-order valence-corrected chi connectivity index (χ4v) is 6.14. The Morgan fingerprint density at radius 1 is 1.16 bits per heavy atom. The second-order valence-electron chi connectivity index (χ2n) is 10.3. The molecule has 1 aliphatic carbocycles. The molecule has 0 radical (unpaired) electrons. The standard InChI is InChI=1S/C26H33N7O3S/c1-26(2)6-5-21-20(13-26)25(31-16-30-21)33-9-10-36-22-4-3-17(11-19(22)15-33)18-12-23(24(28)29-14-18)37(34,35)32-8-7-27/h3-4,11-12,14,16,32H,5-10,13,15,27H2,1-2H3,(H2,28,29). The maximum absolute atomic E-state index is 12.7. The highest BCUT2D eigenvalue weighted by molar-refractivity contribution is 7.89. The molecule has 0 saturated carbocycles. The van der Waals surface area contributed by atoms with E-state index in [-0.39, 0.29) is 29.2 Å². The Morgan fingerprint density at radius 3 is 2.81 bits per heavy atom. The van der Waals surface area contributed by atoms with Crippen LogP contribution in [0, 0.1) is 5.41 Å². The lowest BCUT2D eigenvalue weighted by Gasteiger charge is -2.33. The average molecular weight is 524 g/mol. The zero-order valence-corrected chi connectivity index (χ0v) is 22.0. The molecule has 10 nitrogen and oxygen atoms in total. The third kappa shape index (κ3) is 5.25. The molecule has 2 aliphatic rings. The van der Waals surface area contributed by atoms with Gasteiger partial charge in [0.15, 0.2) is 0 Å². The van der Waals surface area contributed by atoms with Crippen LogP contribution in [-0.4, -0.2) is 49.6 Å². The summed E-state index contributed by atoms with van der Waals surface area (Å²) in [6.45, 7) is 6.72. The van der Waals surface area contributed by atoms with Gasteiger partial charge in [0.25, 0.3) is 0 Å². The van der Waals surface area contributed by atoms with Gasteiger partial charge in [0, 0.05) is 48.2 Å². The van der Waals surface area contributed by atoms with Gasteiger partial charge in [-0.15, -0.1) is 0 Å². The van der Waals surface area contributed by atoms with Crippen LogP contribution in [0.25, 0.3) is 11.1 Å². The first-order valence-electron chi connectivity index (χ1n) is 12.5. The van der Waals surface area contributed by atoms with Crippen molar-refractivity contribution in [2.75, 3.05) is 36.9 Å². The van der Waals surface area contributed by atoms with E-state index in [9.17, 15) is 8.42 Å². The van der Waals surface area contributed by atoms with Crippen LogP contribution in [0.5, 0.6) is 5.75 Å². The molecule has 0 amide bonds. The number of aromatic nitrogens is 3. The molecule has 3 aromatic rings. The highest BCUT2D eigenvalue weighted by atomic mass is 32.2. The van der Waals surface area contributed by atoms with Crippen molar-refractivity contribution < 1.29 is 13.2 Å². The number of sulfonamides is 1. The van der Waals surface area contributed by atoms with E-state index in [1.165, 1.54) is 5.56 Å². The zero-order chi connectivity index (χ0) is 26.2. The molecule has 5 N–H and O–H groups in total. The molecule has 0 fully saturated rings. The lowest BCUT2D eigenvalue weighted by atomic mass is 9.76. The first kappa shape index (κ1) is 25.4. The molecule has 0 saturated heterocycles. The Morgan fingerprint density at radius 2 is 2.00 bits per heavy atom. The first-order valence-corrected chi connectivity index (χ1v) is 13.9. The fourth-order valence-electron chi connectivity index (χ4n) is 4.98. The summed E-state index contributed by atoms with van der Waals surface area (Å²) in [5.74, 6) is 1.71. The van der Waals surface area contributed by atoms with Crippen LogP contribution in [0.2, 0.25) is 0 Å². The molecule has 2 aromatic heterocycles. The number of fused-ring (bicyclic) bond motifs is 2. The molecule has 0 spiro atoms. The summed E-state index contributed by atoms with van der Waals surface area (Å²) in [7, 11) is -3.83. The number of benzene rings is 1. The van der Waals surface area contributed by atoms with Crippen LogP contribution < -0.4 is 25.8 Å². The van der Waals surface area contributed by atoms with E-state index in [2.05, 4.69) is 33.4 Å². The predicted molar refractivity (Wildman–Crippen MR) is 143 cm³/mol. The van der Waals surface area contributed by atoms with Crippen LogP contribution in [0.15, 0.2) is 41.7 Å². The quantitative estimate of drug-likeness (QED) is 0.442. The van der Waals surface area contributed by atoms with E-state index >= 15 is 0 Å². The van der Waals surface area contributed by atoms with E-state index in [4.69, 9.17) is 21.2 Å². The fraction of sp³-hybridized carbons (Fsp3) is 0.423. The lowest BCUT2D eigenvalue weighted by molar-refractivity contribution is 0.310. The molecule has 1 aliphatic heterocycles. The number of pyridine rings is 1. The van der Waals surface area contributed by atoms with Crippen molar-refractivity contribution in [1.82, 2.24) is 19.7 Å². The van der Waals surface area contributed by atoms with Crippen molar-refractivity contribution in [2.45, 2.75) is 44.6 Å². The van der Waals surface area contributed by atoms with E-state index in [1.807, 2.05) is 18.2 Å². The summed E-state index contributed by atoms with van der Waals surface area (Å²) in [5, 5.41) is 0. The molecule has 37 heavy (non-hydrogen) atoms. The minimum Gasteiger partial charge on any atom is -0.491 e. The van der Waals surface area contributed by atoms with Crippen molar-refractivity contribution >= 4 is 21.7 Å². The van der Waals surface area contributed by atoms with Gasteiger partial charge in [-0.1, -0.05) is 19.9 Å². The Balaban J connectivity index is 1.48. The summed E-state index contributed by atoms with van der Waals surface area (Å²) in [6, 6.07) is 7.38. The lowest BCUT2D eigenvalue weighted by Crippen LogP contribution is -2.31. The number of nitrogens with two attached hydrogens (primary N) is 2. The minimum absolute atomic E-state index is 0.0611. The zero-order valence-electron chi connectivity index (χ0n) is 21.2. The molecule has 0 unspecified atom stereocenters. The maximum atomic E-state index is 12.7. The van der Waals surface area contributed by atoms with Crippen LogP contribution in [0.3, 0.4) is 0 Å². The molecule has 0 atom stereocenters. The summed E-state index contributed by atoms with van der Waals surface area (Å²) in [6.07, 6.45) is 6.25. The van der Waals surface area contributed by atoms with Gasteiger partial charge in [-0.2, -0.15) is 0 Å². The molecular formula is C26H33N7O3S. The number of aryl methyl sites for hydroxylation is 1. The summed E-state index contributed by atoms with van der Waals surface area (Å²) in [5.41, 5.74) is 16.4. The van der Waals surface area contributed by atoms with Gasteiger partial charge >= 0.3 is 0 Å². The topological polar surface area (TPSA) is 149 Å². The molecule has 3 heterocycles. The SMILES string of the molecule is CC1(C)CCc2ncnc(N3CCOc4ccc(-c5cnc(N)c(S(=O)(=O)NCCN)c5)cc4C3)c2C1. The van der Waals surface area contributed by atoms with Gasteiger partial charge in [0.05, 0.1) is 6.54 Å². The molecule has 1 aromatic carbocycles. The number of rotatable bonds is 6. The summed E-state index contributed by atoms with van der Waals surface area (Å²) >= 11 is 0. The van der Waals surface area contributed by atoms with Crippen LogP contribution in [-0.2, 0) is 29.4 Å². The molecule has 0 bridgehead atoms. The third-order valence-corrected chi connectivity index (χ3v) is 8.48. The van der Waals surface area contributed by atoms with Gasteiger partial charge in [-0.25, -0.2) is 28.1 Å². The molecule has 5 rings (SSSR count). The van der Waals surface area contributed by atoms with Crippen molar-refractivity contribution in [3.63, 3.8) is 0 Å². The normalized spacial score (nSPS) is 16.9. The van der Waals surface area contributed by atoms with E-state index < -0.39 is 10.0 Å². The molecular weight excluding hydrogens is 490 g/mol. The number of hydrogen-bond acceptors (Lipinski definition) is 9. The Labute approximate surface area is 217 Å². The van der Waals surface area contributed by atoms with Gasteiger partial charge in [0.1, 0.15) is 35.2 Å². The largest absolute Gasteiger partial charge is 0.491 e. The van der Waals surface area contributed by atoms with Gasteiger partial charge in [-0.3, -0.25) is 0 Å². The van der Waals surface area contributed by atoms with Crippen LogP contribution in [0.1, 0.15) is 37.1 Å². The minimum atomic E-state index is -3.83. The number of ether oxygens (including phenoxy) is 1. The number of hydrogen-bond donors (Lipinski definition) is 3. The van der Waals surface area contributed by atoms with Gasteiger partial charge < -0.3 is 21.1 Å². The number of nitrogens with zero attached hydrogens (tertiary/aromatic N) is 4. The van der Waals surface area contributed by atoms with E-state index in [0.29, 0.717) is 25.3 Å².